The van der Waals surface area contributed by atoms with Gasteiger partial charge in [0, 0.05) is 18.7 Å². The summed E-state index contributed by atoms with van der Waals surface area (Å²) in [6.07, 6.45) is 0.835. The second-order valence-corrected chi connectivity index (χ2v) is 6.20. The molecule has 1 amide bonds. The van der Waals surface area contributed by atoms with Crippen molar-refractivity contribution in [2.45, 2.75) is 19.9 Å². The molecule has 0 spiro atoms. The van der Waals surface area contributed by atoms with E-state index in [0.29, 0.717) is 36.9 Å². The fourth-order valence-corrected chi connectivity index (χ4v) is 3.01. The van der Waals surface area contributed by atoms with Gasteiger partial charge in [0.05, 0.1) is 25.1 Å². The first kappa shape index (κ1) is 18.1. The zero-order valence-corrected chi connectivity index (χ0v) is 14.9. The van der Waals surface area contributed by atoms with Gasteiger partial charge in [-0.2, -0.15) is 4.98 Å². The van der Waals surface area contributed by atoms with Crippen molar-refractivity contribution in [2.24, 2.45) is 5.92 Å². The quantitative estimate of drug-likeness (QED) is 0.781. The van der Waals surface area contributed by atoms with Crippen LogP contribution in [0.3, 0.4) is 0 Å². The Kier molecular flexibility index (Phi) is 5.62. The molecule has 1 aromatic carbocycles. The van der Waals surface area contributed by atoms with Crippen molar-refractivity contribution in [1.82, 2.24) is 20.4 Å². The average molecular weight is 358 g/mol. The summed E-state index contributed by atoms with van der Waals surface area (Å²) in [6.45, 7) is 4.60. The van der Waals surface area contributed by atoms with Crippen molar-refractivity contribution in [2.75, 3.05) is 26.7 Å². The van der Waals surface area contributed by atoms with E-state index in [-0.39, 0.29) is 17.8 Å². The van der Waals surface area contributed by atoms with Crippen molar-refractivity contribution < 1.29 is 18.8 Å². The lowest BCUT2D eigenvalue weighted by Crippen LogP contribution is -2.32. The molecule has 1 aromatic heterocycles. The zero-order chi connectivity index (χ0) is 18.5. The van der Waals surface area contributed by atoms with Crippen molar-refractivity contribution >= 4 is 11.9 Å². The van der Waals surface area contributed by atoms with Gasteiger partial charge in [-0.05, 0) is 32.0 Å². The number of amides is 1. The molecule has 0 unspecified atom stereocenters. The SMILES string of the molecule is CCNC(=O)[C@H]1CCN(Cc2nc(-c3ccc(C(=O)OC)cc3)no2)C1. The number of carbonyl (C=O) groups excluding carboxylic acids is 2. The topological polar surface area (TPSA) is 97.6 Å². The Hall–Kier alpha value is -2.74. The number of esters is 1. The highest BCUT2D eigenvalue weighted by Crippen LogP contribution is 2.21. The van der Waals surface area contributed by atoms with Crippen molar-refractivity contribution in [3.05, 3.63) is 35.7 Å². The molecular formula is C18H22N4O4. The molecule has 26 heavy (non-hydrogen) atoms. The molecule has 0 aliphatic carbocycles. The van der Waals surface area contributed by atoms with Crippen molar-refractivity contribution in [3.63, 3.8) is 0 Å². The molecule has 138 valence electrons. The molecule has 1 fully saturated rings. The lowest BCUT2D eigenvalue weighted by atomic mass is 10.1. The molecule has 8 nitrogen and oxygen atoms in total. The molecule has 1 aliphatic heterocycles. The Bertz CT molecular complexity index is 772. The van der Waals surface area contributed by atoms with Gasteiger partial charge in [0.2, 0.25) is 17.6 Å². The third-order valence-corrected chi connectivity index (χ3v) is 4.39. The van der Waals surface area contributed by atoms with E-state index in [1.54, 1.807) is 24.3 Å². The summed E-state index contributed by atoms with van der Waals surface area (Å²) in [5.74, 6) is 0.709. The number of ether oxygens (including phenoxy) is 1. The molecule has 1 aliphatic rings. The van der Waals surface area contributed by atoms with Crippen LogP contribution in [-0.2, 0) is 16.1 Å². The van der Waals surface area contributed by atoms with Crippen molar-refractivity contribution in [3.8, 4) is 11.4 Å². The van der Waals surface area contributed by atoms with Crippen LogP contribution in [0.2, 0.25) is 0 Å². The lowest BCUT2D eigenvalue weighted by molar-refractivity contribution is -0.124. The highest BCUT2D eigenvalue weighted by molar-refractivity contribution is 5.89. The molecule has 3 rings (SSSR count). The molecule has 0 bridgehead atoms. The highest BCUT2D eigenvalue weighted by Gasteiger charge is 2.28. The Morgan fingerprint density at radius 2 is 2.12 bits per heavy atom. The predicted molar refractivity (Wildman–Crippen MR) is 93.1 cm³/mol. The number of benzene rings is 1. The van der Waals surface area contributed by atoms with E-state index in [9.17, 15) is 9.59 Å². The first-order valence-electron chi connectivity index (χ1n) is 8.62. The zero-order valence-electron chi connectivity index (χ0n) is 14.9. The third-order valence-electron chi connectivity index (χ3n) is 4.39. The molecule has 1 saturated heterocycles. The molecule has 2 heterocycles. The summed E-state index contributed by atoms with van der Waals surface area (Å²) >= 11 is 0. The molecule has 1 N–H and O–H groups in total. The van der Waals surface area contributed by atoms with Gasteiger partial charge in [0.1, 0.15) is 0 Å². The maximum Gasteiger partial charge on any atom is 0.337 e. The minimum absolute atomic E-state index is 0.0169. The number of nitrogens with zero attached hydrogens (tertiary/aromatic N) is 3. The molecule has 2 aromatic rings. The summed E-state index contributed by atoms with van der Waals surface area (Å²) in [7, 11) is 1.34. The van der Waals surface area contributed by atoms with Crippen LogP contribution in [0.1, 0.15) is 29.6 Å². The van der Waals surface area contributed by atoms with Gasteiger partial charge >= 0.3 is 5.97 Å². The van der Waals surface area contributed by atoms with Gasteiger partial charge in [0.15, 0.2) is 0 Å². The fourth-order valence-electron chi connectivity index (χ4n) is 3.01. The number of carbonyl (C=O) groups is 2. The Morgan fingerprint density at radius 3 is 2.81 bits per heavy atom. The second kappa shape index (κ2) is 8.09. The number of nitrogens with one attached hydrogen (secondary N) is 1. The molecular weight excluding hydrogens is 336 g/mol. The first-order valence-corrected chi connectivity index (χ1v) is 8.62. The third kappa shape index (κ3) is 4.08. The van der Waals surface area contributed by atoms with Crippen LogP contribution in [0.15, 0.2) is 28.8 Å². The van der Waals surface area contributed by atoms with Crippen molar-refractivity contribution in [1.29, 1.82) is 0 Å². The van der Waals surface area contributed by atoms with Crippen LogP contribution in [0.4, 0.5) is 0 Å². The summed E-state index contributed by atoms with van der Waals surface area (Å²) in [5.41, 5.74) is 1.22. The maximum atomic E-state index is 11.9. The van der Waals surface area contributed by atoms with Gasteiger partial charge in [-0.25, -0.2) is 4.79 Å². The largest absolute Gasteiger partial charge is 0.465 e. The van der Waals surface area contributed by atoms with Crippen LogP contribution in [-0.4, -0.2) is 53.7 Å². The number of methoxy groups -OCH3 is 1. The van der Waals surface area contributed by atoms with Crippen LogP contribution >= 0.6 is 0 Å². The van der Waals surface area contributed by atoms with Gasteiger partial charge < -0.3 is 14.6 Å². The molecule has 8 heteroatoms. The smallest absolute Gasteiger partial charge is 0.337 e. The van der Waals surface area contributed by atoms with Gasteiger partial charge in [0.25, 0.3) is 0 Å². The number of hydrogen-bond acceptors (Lipinski definition) is 7. The molecule has 0 saturated carbocycles. The number of aromatic nitrogens is 2. The number of hydrogen-bond donors (Lipinski definition) is 1. The highest BCUT2D eigenvalue weighted by atomic mass is 16.5. The van der Waals surface area contributed by atoms with E-state index < -0.39 is 0 Å². The Balaban J connectivity index is 1.60. The Labute approximate surface area is 151 Å². The number of likely N-dealkylation sites (tertiary alicyclic amines) is 1. The second-order valence-electron chi connectivity index (χ2n) is 6.20. The molecule has 0 radical (unpaired) electrons. The lowest BCUT2D eigenvalue weighted by Gasteiger charge is -2.13. The normalized spacial score (nSPS) is 17.2. The van der Waals surface area contributed by atoms with Gasteiger partial charge in [-0.15, -0.1) is 0 Å². The van der Waals surface area contributed by atoms with Crippen LogP contribution in [0.5, 0.6) is 0 Å². The van der Waals surface area contributed by atoms with Gasteiger partial charge in [-0.3, -0.25) is 9.69 Å². The summed E-state index contributed by atoms with van der Waals surface area (Å²) < 4.78 is 10.0. The monoisotopic (exact) mass is 358 g/mol. The summed E-state index contributed by atoms with van der Waals surface area (Å²) in [6, 6.07) is 6.83. The minimum atomic E-state index is -0.388. The van der Waals surface area contributed by atoms with E-state index in [1.165, 1.54) is 7.11 Å². The summed E-state index contributed by atoms with van der Waals surface area (Å²) in [5, 5.41) is 6.86. The predicted octanol–water partition coefficient (Wildman–Crippen LogP) is 1.48. The van der Waals surface area contributed by atoms with Crippen LogP contribution in [0.25, 0.3) is 11.4 Å². The Morgan fingerprint density at radius 1 is 1.35 bits per heavy atom. The van der Waals surface area contributed by atoms with E-state index in [0.717, 1.165) is 18.5 Å². The number of rotatable bonds is 6. The van der Waals surface area contributed by atoms with E-state index in [4.69, 9.17) is 4.52 Å². The maximum absolute atomic E-state index is 11.9. The van der Waals surface area contributed by atoms with E-state index in [2.05, 4.69) is 25.1 Å². The van der Waals surface area contributed by atoms with Crippen LogP contribution in [0, 0.1) is 5.92 Å². The molecule has 1 atom stereocenters. The van der Waals surface area contributed by atoms with Gasteiger partial charge in [-0.1, -0.05) is 17.3 Å². The van der Waals surface area contributed by atoms with Crippen LogP contribution < -0.4 is 5.32 Å². The first-order chi connectivity index (χ1) is 12.6. The van der Waals surface area contributed by atoms with E-state index >= 15 is 0 Å². The van der Waals surface area contributed by atoms with E-state index in [1.807, 2.05) is 6.92 Å². The summed E-state index contributed by atoms with van der Waals surface area (Å²) in [4.78, 5) is 29.9. The fraction of sp³-hybridized carbons (Fsp3) is 0.444. The standard InChI is InChI=1S/C18H22N4O4/c1-3-19-17(23)14-8-9-22(10-14)11-15-20-16(21-26-15)12-4-6-13(7-5-12)18(24)25-2/h4-7,14H,3,8-11H2,1-2H3,(H,19,23)/t14-/m0/s1. The average Bonchev–Trinajstić information content (AvgIpc) is 3.31. The minimum Gasteiger partial charge on any atom is -0.465 e.